The van der Waals surface area contributed by atoms with Crippen LogP contribution in [0.4, 0.5) is 21.9 Å². The third-order valence-electron chi connectivity index (χ3n) is 6.11. The Morgan fingerprint density at radius 1 is 1.25 bits per heavy atom. The molecule has 9 nitrogen and oxygen atoms in total. The molecule has 1 saturated heterocycles. The molecule has 1 aliphatic rings. The summed E-state index contributed by atoms with van der Waals surface area (Å²) >= 11 is 6.17. The Morgan fingerprint density at radius 3 is 2.72 bits per heavy atom. The van der Waals surface area contributed by atoms with Gasteiger partial charge in [0.1, 0.15) is 17.6 Å². The first-order valence-corrected chi connectivity index (χ1v) is 12.2. The van der Waals surface area contributed by atoms with Gasteiger partial charge in [0.2, 0.25) is 0 Å². The van der Waals surface area contributed by atoms with Crippen LogP contribution in [0.1, 0.15) is 25.3 Å². The van der Waals surface area contributed by atoms with Gasteiger partial charge >= 0.3 is 6.03 Å². The number of hydrogen-bond donors (Lipinski definition) is 3. The minimum atomic E-state index is -0.300. The average molecular weight is 509 g/mol. The summed E-state index contributed by atoms with van der Waals surface area (Å²) in [6.45, 7) is 4.18. The zero-order valence-electron chi connectivity index (χ0n) is 20.5. The van der Waals surface area contributed by atoms with Gasteiger partial charge in [-0.3, -0.25) is 4.98 Å². The number of fused-ring (bicyclic) bond motifs is 1. The zero-order valence-corrected chi connectivity index (χ0v) is 21.3. The third kappa shape index (κ3) is 5.73. The van der Waals surface area contributed by atoms with Crippen LogP contribution >= 0.6 is 11.6 Å². The van der Waals surface area contributed by atoms with Gasteiger partial charge in [-0.15, -0.1) is 0 Å². The van der Waals surface area contributed by atoms with E-state index in [0.29, 0.717) is 56.7 Å². The van der Waals surface area contributed by atoms with Gasteiger partial charge in [-0.05, 0) is 58.1 Å². The van der Waals surface area contributed by atoms with Gasteiger partial charge in [0, 0.05) is 35.4 Å². The summed E-state index contributed by atoms with van der Waals surface area (Å²) in [5.74, 6) is 1.00. The fraction of sp³-hybridized carbons (Fsp3) is 0.346. The summed E-state index contributed by atoms with van der Waals surface area (Å²) in [6, 6.07) is 10.8. The number of rotatable bonds is 7. The highest BCUT2D eigenvalue weighted by Gasteiger charge is 2.20. The van der Waals surface area contributed by atoms with Crippen LogP contribution in [0.15, 0.2) is 36.5 Å². The molecule has 0 bridgehead atoms. The molecule has 4 rings (SSSR count). The topological polar surface area (TPSA) is 112 Å². The number of nitrogens with one attached hydrogen (secondary N) is 3. The first kappa shape index (κ1) is 25.4. The van der Waals surface area contributed by atoms with Gasteiger partial charge in [-0.1, -0.05) is 11.6 Å². The van der Waals surface area contributed by atoms with Gasteiger partial charge in [-0.2, -0.15) is 5.26 Å². The Balaban J connectivity index is 1.69. The van der Waals surface area contributed by atoms with Gasteiger partial charge < -0.3 is 30.3 Å². The molecule has 0 saturated carbocycles. The van der Waals surface area contributed by atoms with Gasteiger partial charge in [-0.25, -0.2) is 4.79 Å². The monoisotopic (exact) mass is 508 g/mol. The smallest absolute Gasteiger partial charge is 0.319 e. The van der Waals surface area contributed by atoms with Crippen LogP contribution in [0, 0.1) is 11.3 Å². The summed E-state index contributed by atoms with van der Waals surface area (Å²) in [5, 5.41) is 20.2. The molecule has 3 aromatic rings. The van der Waals surface area contributed by atoms with Crippen LogP contribution in [0.25, 0.3) is 10.9 Å². The molecule has 188 valence electrons. The normalized spacial score (nSPS) is 14.2. The number of ether oxygens (including phenoxy) is 2. The van der Waals surface area contributed by atoms with E-state index >= 15 is 0 Å². The third-order valence-corrected chi connectivity index (χ3v) is 6.42. The van der Waals surface area contributed by atoms with Crippen molar-refractivity contribution in [2.45, 2.75) is 25.8 Å². The number of benzene rings is 2. The van der Waals surface area contributed by atoms with E-state index in [1.807, 2.05) is 6.92 Å². The molecule has 10 heteroatoms. The molecule has 3 N–H and O–H groups in total. The predicted octanol–water partition coefficient (Wildman–Crippen LogP) is 5.13. The van der Waals surface area contributed by atoms with E-state index in [4.69, 9.17) is 21.1 Å². The number of halogens is 1. The molecule has 0 radical (unpaired) electrons. The van der Waals surface area contributed by atoms with Gasteiger partial charge in [0.05, 0.1) is 41.2 Å². The van der Waals surface area contributed by atoms with Crippen molar-refractivity contribution >= 4 is 45.6 Å². The number of amides is 2. The average Bonchev–Trinajstić information content (AvgIpc) is 2.87. The lowest BCUT2D eigenvalue weighted by Gasteiger charge is -2.29. The molecule has 1 aliphatic heterocycles. The largest absolute Gasteiger partial charge is 0.495 e. The quantitative estimate of drug-likeness (QED) is 0.405. The van der Waals surface area contributed by atoms with Crippen LogP contribution < -0.4 is 25.4 Å². The number of hydrogen-bond acceptors (Lipinski definition) is 7. The highest BCUT2D eigenvalue weighted by molar-refractivity contribution is 6.32. The summed E-state index contributed by atoms with van der Waals surface area (Å²) in [5.41, 5.74) is 2.69. The lowest BCUT2D eigenvalue weighted by molar-refractivity contribution is 0.221. The second-order valence-corrected chi connectivity index (χ2v) is 9.01. The Kier molecular flexibility index (Phi) is 7.98. The fourth-order valence-corrected chi connectivity index (χ4v) is 4.39. The summed E-state index contributed by atoms with van der Waals surface area (Å²) in [7, 11) is 3.62. The van der Waals surface area contributed by atoms with Crippen LogP contribution in [-0.4, -0.2) is 55.8 Å². The van der Waals surface area contributed by atoms with E-state index in [1.165, 1.54) is 13.3 Å². The van der Waals surface area contributed by atoms with Crippen molar-refractivity contribution in [2.24, 2.45) is 0 Å². The highest BCUT2D eigenvalue weighted by Crippen LogP contribution is 2.37. The lowest BCUT2D eigenvalue weighted by atomic mass is 10.1. The number of anilines is 3. The van der Waals surface area contributed by atoms with Crippen LogP contribution in [-0.2, 0) is 0 Å². The number of aromatic nitrogens is 1. The SMILES string of the molecule is CCOc1cc2ncc(C#N)c(Nc3ccc(Cl)c(OC)c3)c2cc1NC(=O)NC1CCN(C)CC1. The zero-order chi connectivity index (χ0) is 25.7. The molecule has 0 aliphatic carbocycles. The fourth-order valence-electron chi connectivity index (χ4n) is 4.19. The predicted molar refractivity (Wildman–Crippen MR) is 142 cm³/mol. The van der Waals surface area contributed by atoms with Crippen LogP contribution in [0.2, 0.25) is 5.02 Å². The minimum absolute atomic E-state index is 0.112. The maximum absolute atomic E-state index is 12.9. The van der Waals surface area contributed by atoms with E-state index in [9.17, 15) is 10.1 Å². The Hall–Kier alpha value is -3.74. The van der Waals surface area contributed by atoms with Crippen molar-refractivity contribution in [1.82, 2.24) is 15.2 Å². The number of likely N-dealkylation sites (tertiary alicyclic amines) is 1. The summed E-state index contributed by atoms with van der Waals surface area (Å²) < 4.78 is 11.1. The Labute approximate surface area is 215 Å². The van der Waals surface area contributed by atoms with Crippen molar-refractivity contribution in [2.75, 3.05) is 44.5 Å². The Bertz CT molecular complexity index is 1300. The van der Waals surface area contributed by atoms with Gasteiger partial charge in [0.25, 0.3) is 0 Å². The molecule has 1 fully saturated rings. The number of nitrogens with zero attached hydrogens (tertiary/aromatic N) is 3. The molecule has 0 spiro atoms. The number of methoxy groups -OCH3 is 1. The first-order valence-electron chi connectivity index (χ1n) is 11.8. The maximum atomic E-state index is 12.9. The number of piperidine rings is 1. The van der Waals surface area contributed by atoms with E-state index in [-0.39, 0.29) is 12.1 Å². The standard InChI is InChI=1S/C26H29ClN6O3/c1-4-36-24-13-21-19(12-22(24)32-26(34)31-17-7-9-33(2)10-8-17)25(16(14-28)15-29-21)30-18-5-6-20(27)23(11-18)35-3/h5-6,11-13,15,17H,4,7-10H2,1-3H3,(H,29,30)(H2,31,32,34). The number of carbonyl (C=O) groups is 1. The lowest BCUT2D eigenvalue weighted by Crippen LogP contribution is -2.44. The minimum Gasteiger partial charge on any atom is -0.495 e. The van der Waals surface area contributed by atoms with E-state index in [1.54, 1.807) is 30.3 Å². The molecule has 36 heavy (non-hydrogen) atoms. The summed E-state index contributed by atoms with van der Waals surface area (Å²) in [4.78, 5) is 19.5. The molecule has 2 heterocycles. The second-order valence-electron chi connectivity index (χ2n) is 8.61. The molecule has 0 unspecified atom stereocenters. The Morgan fingerprint density at radius 2 is 2.03 bits per heavy atom. The van der Waals surface area contributed by atoms with Crippen molar-refractivity contribution < 1.29 is 14.3 Å². The highest BCUT2D eigenvalue weighted by atomic mass is 35.5. The van der Waals surface area contributed by atoms with Crippen molar-refractivity contribution in [3.63, 3.8) is 0 Å². The maximum Gasteiger partial charge on any atom is 0.319 e. The van der Waals surface area contributed by atoms with E-state index in [2.05, 4.69) is 39.0 Å². The molecule has 0 atom stereocenters. The van der Waals surface area contributed by atoms with Gasteiger partial charge in [0.15, 0.2) is 0 Å². The van der Waals surface area contributed by atoms with Crippen molar-refractivity contribution in [3.05, 3.63) is 47.1 Å². The number of nitriles is 1. The molecule has 2 amide bonds. The number of pyridine rings is 1. The van der Waals surface area contributed by atoms with E-state index in [0.717, 1.165) is 25.9 Å². The molecular formula is C26H29ClN6O3. The van der Waals surface area contributed by atoms with E-state index < -0.39 is 0 Å². The van der Waals surface area contributed by atoms with Crippen molar-refractivity contribution in [3.8, 4) is 17.6 Å². The first-order chi connectivity index (χ1) is 17.4. The van der Waals surface area contributed by atoms with Crippen molar-refractivity contribution in [1.29, 1.82) is 5.26 Å². The van der Waals surface area contributed by atoms with Crippen LogP contribution in [0.5, 0.6) is 11.5 Å². The number of carbonyl (C=O) groups excluding carboxylic acids is 1. The molecular weight excluding hydrogens is 480 g/mol. The second kappa shape index (κ2) is 11.3. The summed E-state index contributed by atoms with van der Waals surface area (Å²) in [6.07, 6.45) is 3.30. The molecule has 2 aromatic carbocycles. The van der Waals surface area contributed by atoms with Crippen LogP contribution in [0.3, 0.4) is 0 Å². The molecule has 1 aromatic heterocycles. The number of urea groups is 1.